The maximum absolute atomic E-state index is 6.66. The van der Waals surface area contributed by atoms with Crippen molar-refractivity contribution in [2.45, 2.75) is 0 Å². The molecule has 0 aromatic heterocycles. The molecule has 144 valence electrons. The van der Waals surface area contributed by atoms with Crippen LogP contribution in [0.15, 0.2) is 15.0 Å². The van der Waals surface area contributed by atoms with E-state index in [9.17, 15) is 0 Å². The van der Waals surface area contributed by atoms with Crippen molar-refractivity contribution in [2.75, 3.05) is 40.8 Å². The lowest BCUT2D eigenvalue weighted by Gasteiger charge is -2.64. The molecule has 0 atom stereocenters. The minimum Gasteiger partial charge on any atom is -0.299 e. The van der Waals surface area contributed by atoms with Crippen LogP contribution in [0.4, 0.5) is 0 Å². The molecular weight excluding hydrogens is 501 g/mol. The highest BCUT2D eigenvalue weighted by atomic mass is 36.0. The lowest BCUT2D eigenvalue weighted by atomic mass is 10.7. The van der Waals surface area contributed by atoms with E-state index in [1.54, 1.807) is 50.9 Å². The summed E-state index contributed by atoms with van der Waals surface area (Å²) >= 11 is 0. The Hall–Kier alpha value is 1.68. The van der Waals surface area contributed by atoms with Crippen LogP contribution in [-0.4, -0.2) is 70.6 Å². The third kappa shape index (κ3) is 4.94. The van der Waals surface area contributed by atoms with Crippen molar-refractivity contribution >= 4 is 109 Å². The second-order valence-corrected chi connectivity index (χ2v) is 19.1. The van der Waals surface area contributed by atoms with Crippen LogP contribution < -0.4 is 0 Å². The summed E-state index contributed by atoms with van der Waals surface area (Å²) in [5.74, 6) is 0. The van der Waals surface area contributed by atoms with Gasteiger partial charge in [-0.05, 0) is 64.1 Å². The van der Waals surface area contributed by atoms with Gasteiger partial charge in [0.1, 0.15) is 0 Å². The standard InChI is InChI=1S/C9H18Cl6N6S3/c1-16-4-7-19-22(10,11)20(8-5-17-2)24(14,15)21(9-6-18-3)23(19,12)13/h4-6H,7-9H2,1-3H3/b16-4-,17-5?,18-6?. The van der Waals surface area contributed by atoms with Gasteiger partial charge < -0.3 is 0 Å². The van der Waals surface area contributed by atoms with Gasteiger partial charge in [-0.3, -0.25) is 15.0 Å². The van der Waals surface area contributed by atoms with Crippen molar-refractivity contribution in [3.8, 4) is 0 Å². The van der Waals surface area contributed by atoms with Gasteiger partial charge in [0, 0.05) is 39.8 Å². The topological polar surface area (TPSA) is 46.8 Å². The number of rotatable bonds is 6. The third-order valence-electron chi connectivity index (χ3n) is 2.71. The highest BCUT2D eigenvalue weighted by Crippen LogP contribution is 2.94. The van der Waals surface area contributed by atoms with Crippen molar-refractivity contribution in [1.29, 1.82) is 0 Å². The predicted molar refractivity (Wildman–Crippen MR) is 121 cm³/mol. The lowest BCUT2D eigenvalue weighted by Crippen LogP contribution is -2.48. The van der Waals surface area contributed by atoms with E-state index in [1.165, 1.54) is 0 Å². The zero-order valence-electron chi connectivity index (χ0n) is 13.0. The highest BCUT2D eigenvalue weighted by molar-refractivity contribution is 8.85. The Kier molecular flexibility index (Phi) is 9.63. The Bertz CT molecular complexity index is 427. The molecule has 1 rings (SSSR count). The summed E-state index contributed by atoms with van der Waals surface area (Å²) in [6.07, 6.45) is 4.84. The number of aliphatic imine (C=N–C) groups is 3. The van der Waals surface area contributed by atoms with E-state index in [4.69, 9.17) is 64.1 Å². The fraction of sp³-hybridized carbons (Fsp3) is 0.667. The van der Waals surface area contributed by atoms with Crippen LogP contribution >= 0.6 is 90.6 Å². The molecule has 0 amide bonds. The second kappa shape index (κ2) is 9.75. The zero-order chi connectivity index (χ0) is 18.6. The van der Waals surface area contributed by atoms with Crippen LogP contribution in [0.25, 0.3) is 0 Å². The summed E-state index contributed by atoms with van der Waals surface area (Å²) in [5, 5.41) is 0. The minimum atomic E-state index is -2.69. The van der Waals surface area contributed by atoms with Crippen molar-refractivity contribution in [3.63, 3.8) is 0 Å². The molecule has 15 heteroatoms. The van der Waals surface area contributed by atoms with Crippen molar-refractivity contribution < 1.29 is 0 Å². The molecule has 0 aromatic carbocycles. The van der Waals surface area contributed by atoms with Crippen LogP contribution in [-0.2, 0) is 0 Å². The van der Waals surface area contributed by atoms with Crippen LogP contribution in [0.1, 0.15) is 0 Å². The Balaban J connectivity index is 3.44. The molecule has 0 bridgehead atoms. The molecule has 0 spiro atoms. The molecule has 1 heterocycles. The summed E-state index contributed by atoms with van der Waals surface area (Å²) in [4.78, 5) is 11.8. The van der Waals surface area contributed by atoms with Crippen molar-refractivity contribution in [2.24, 2.45) is 15.0 Å². The Morgan fingerprint density at radius 3 is 0.958 bits per heavy atom. The summed E-state index contributed by atoms with van der Waals surface area (Å²) in [6.45, 7) is 0.720. The molecule has 1 fully saturated rings. The number of hydrogen-bond acceptors (Lipinski definition) is 6. The van der Waals surface area contributed by atoms with Gasteiger partial charge in [-0.25, -0.2) is 0 Å². The molecule has 0 unspecified atom stereocenters. The molecule has 0 radical (unpaired) electrons. The van der Waals surface area contributed by atoms with Gasteiger partial charge in [0.05, 0.1) is 46.1 Å². The molecular formula is C9H18Cl6N6S3. The van der Waals surface area contributed by atoms with E-state index >= 15 is 0 Å². The van der Waals surface area contributed by atoms with Crippen molar-refractivity contribution in [3.05, 3.63) is 0 Å². The molecule has 1 aliphatic heterocycles. The maximum Gasteiger partial charge on any atom is 0.0588 e. The van der Waals surface area contributed by atoms with E-state index < -0.39 is 26.5 Å². The predicted octanol–water partition coefficient (Wildman–Crippen LogP) is 5.83. The van der Waals surface area contributed by atoms with E-state index in [-0.39, 0.29) is 19.6 Å². The molecule has 6 nitrogen and oxygen atoms in total. The maximum atomic E-state index is 6.66. The summed E-state index contributed by atoms with van der Waals surface area (Å²) in [6, 6.07) is 0. The first-order chi connectivity index (χ1) is 11.1. The van der Waals surface area contributed by atoms with Crippen LogP contribution in [0.3, 0.4) is 0 Å². The van der Waals surface area contributed by atoms with Gasteiger partial charge in [0.2, 0.25) is 0 Å². The van der Waals surface area contributed by atoms with E-state index in [1.807, 2.05) is 0 Å². The molecule has 0 aromatic rings. The van der Waals surface area contributed by atoms with Crippen LogP contribution in [0, 0.1) is 0 Å². The first-order valence-corrected chi connectivity index (χ1v) is 15.9. The summed E-state index contributed by atoms with van der Waals surface area (Å²) in [5.41, 5.74) is 0. The van der Waals surface area contributed by atoms with E-state index in [2.05, 4.69) is 15.0 Å². The van der Waals surface area contributed by atoms with Gasteiger partial charge in [-0.2, -0.15) is 11.1 Å². The largest absolute Gasteiger partial charge is 0.299 e. The average molecular weight is 519 g/mol. The highest BCUT2D eigenvalue weighted by Gasteiger charge is 2.60. The number of halogens is 6. The fourth-order valence-corrected chi connectivity index (χ4v) is 22.1. The van der Waals surface area contributed by atoms with Crippen LogP contribution in [0.5, 0.6) is 0 Å². The van der Waals surface area contributed by atoms with Gasteiger partial charge in [0.15, 0.2) is 0 Å². The normalized spacial score (nSPS) is 29.4. The summed E-state index contributed by atoms with van der Waals surface area (Å²) < 4.78 is 4.71. The van der Waals surface area contributed by atoms with Crippen LogP contribution in [0.2, 0.25) is 0 Å². The first kappa shape index (κ1) is 23.7. The average Bonchev–Trinajstić information content (AvgIpc) is 2.46. The van der Waals surface area contributed by atoms with E-state index in [0.717, 1.165) is 0 Å². The van der Waals surface area contributed by atoms with Gasteiger partial charge in [-0.1, -0.05) is 0 Å². The van der Waals surface area contributed by atoms with Crippen molar-refractivity contribution in [1.82, 2.24) is 11.1 Å². The van der Waals surface area contributed by atoms with Gasteiger partial charge in [-0.15, -0.1) is 0 Å². The zero-order valence-corrected chi connectivity index (χ0v) is 20.0. The first-order valence-electron chi connectivity index (χ1n) is 6.31. The quantitative estimate of drug-likeness (QED) is 0.415. The SMILES string of the molecule is CN=CCN1S(Cl)(Cl)N(CC=NC)S(Cl)(Cl)N(C/C=N\C)S1(Cl)Cl. The van der Waals surface area contributed by atoms with E-state index in [0.29, 0.717) is 0 Å². The molecule has 24 heavy (non-hydrogen) atoms. The Labute approximate surface area is 174 Å². The monoisotopic (exact) mass is 516 g/mol. The molecule has 0 aliphatic carbocycles. The molecule has 0 N–H and O–H groups in total. The number of nitrogens with zero attached hydrogens (tertiary/aromatic N) is 6. The Morgan fingerprint density at radius 2 is 0.792 bits per heavy atom. The fourth-order valence-electron chi connectivity index (χ4n) is 1.61. The minimum absolute atomic E-state index is 0.240. The third-order valence-corrected chi connectivity index (χ3v) is 19.4. The molecule has 0 saturated carbocycles. The Morgan fingerprint density at radius 1 is 0.583 bits per heavy atom. The summed E-state index contributed by atoms with van der Waals surface area (Å²) in [7, 11) is 36.8. The number of hydrogen-bond donors (Lipinski definition) is 0. The second-order valence-electron chi connectivity index (χ2n) is 4.12. The molecule has 1 aliphatic rings. The van der Waals surface area contributed by atoms with Gasteiger partial charge >= 0.3 is 0 Å². The molecule has 1 saturated heterocycles. The van der Waals surface area contributed by atoms with Gasteiger partial charge in [0.25, 0.3) is 0 Å². The lowest BCUT2D eigenvalue weighted by molar-refractivity contribution is 0.678. The smallest absolute Gasteiger partial charge is 0.0588 e.